The van der Waals surface area contributed by atoms with Crippen molar-refractivity contribution in [2.45, 2.75) is 49.1 Å². The van der Waals surface area contributed by atoms with Crippen molar-refractivity contribution >= 4 is 60.9 Å². The zero-order valence-corrected chi connectivity index (χ0v) is 25.2. The number of phosphoric ester groups is 1. The van der Waals surface area contributed by atoms with Crippen LogP contribution in [0.4, 0.5) is 11.8 Å². The van der Waals surface area contributed by atoms with Gasteiger partial charge in [-0.2, -0.15) is 4.98 Å². The molecule has 2 fully saturated rings. The number of imidazole rings is 2. The van der Waals surface area contributed by atoms with Crippen molar-refractivity contribution in [3.63, 3.8) is 0 Å². The van der Waals surface area contributed by atoms with Gasteiger partial charge in [-0.1, -0.05) is 0 Å². The number of nitrogens with two attached hydrogens (primary N) is 2. The molecule has 0 radical (unpaired) electrons. The van der Waals surface area contributed by atoms with Crippen LogP contribution in [0, 0.1) is 0 Å². The molecule has 45 heavy (non-hydrogen) atoms. The summed E-state index contributed by atoms with van der Waals surface area (Å²) in [7, 11) is -7.95. The van der Waals surface area contributed by atoms with Crippen molar-refractivity contribution in [3.8, 4) is 0 Å². The summed E-state index contributed by atoms with van der Waals surface area (Å²) in [6.45, 7) is -1.46. The van der Waals surface area contributed by atoms with Crippen molar-refractivity contribution in [1.29, 1.82) is 0 Å². The summed E-state index contributed by atoms with van der Waals surface area (Å²) < 4.78 is 43.0. The number of nitrogens with one attached hydrogen (secondary N) is 1. The summed E-state index contributed by atoms with van der Waals surface area (Å²) in [5, 5.41) is 31.5. The number of nitrogen functional groups attached to an aromatic ring is 2. The lowest BCUT2D eigenvalue weighted by molar-refractivity contribution is -0.0607. The number of ether oxygens (including phenoxy) is 2. The van der Waals surface area contributed by atoms with Crippen LogP contribution in [0.2, 0.25) is 0 Å². The SMILES string of the molecule is Nc1nc2c(ncn2[C@@H]2O[C@H](CO)[C@@H](O)[C@H]2OP(=O)(O)OC[C@H]2O[C@@H](n3cnc4c(N)ncnc43)[C@H](O)[C@@H]2O[PH](O)=S)c(=O)[nH]1. The van der Waals surface area contributed by atoms with Crippen LogP contribution in [0.25, 0.3) is 22.3 Å². The van der Waals surface area contributed by atoms with Crippen LogP contribution in [-0.4, -0.2) is 114 Å². The zero-order valence-electron chi connectivity index (χ0n) is 22.5. The highest BCUT2D eigenvalue weighted by molar-refractivity contribution is 8.00. The molecule has 6 rings (SSSR count). The van der Waals surface area contributed by atoms with Gasteiger partial charge in [0.25, 0.3) is 5.56 Å². The lowest BCUT2D eigenvalue weighted by Crippen LogP contribution is -2.36. The molecule has 0 aromatic carbocycles. The smallest absolute Gasteiger partial charge is 0.394 e. The third kappa shape index (κ3) is 5.99. The fraction of sp³-hybridized carbons (Fsp3) is 0.500. The van der Waals surface area contributed by atoms with Gasteiger partial charge in [0.2, 0.25) is 5.95 Å². The molecule has 244 valence electrons. The largest absolute Gasteiger partial charge is 0.472 e. The first-order valence-electron chi connectivity index (χ1n) is 12.9. The minimum absolute atomic E-state index is 0.0678. The molecule has 25 heteroatoms. The van der Waals surface area contributed by atoms with E-state index in [1.807, 2.05) is 0 Å². The number of aromatic amines is 1. The van der Waals surface area contributed by atoms with Gasteiger partial charge in [0.1, 0.15) is 48.5 Å². The highest BCUT2D eigenvalue weighted by atomic mass is 32.4. The molecule has 2 aliphatic rings. The van der Waals surface area contributed by atoms with E-state index in [0.717, 1.165) is 10.9 Å². The summed E-state index contributed by atoms with van der Waals surface area (Å²) in [6.07, 6.45) is -7.90. The van der Waals surface area contributed by atoms with E-state index in [1.165, 1.54) is 17.2 Å². The van der Waals surface area contributed by atoms with E-state index in [2.05, 4.69) is 29.9 Å². The predicted octanol–water partition coefficient (Wildman–Crippen LogP) is -2.98. The molecule has 6 heterocycles. The second kappa shape index (κ2) is 12.3. The number of rotatable bonds is 10. The Hall–Kier alpha value is -3.02. The molecule has 10 atom stereocenters. The second-order valence-electron chi connectivity index (χ2n) is 9.83. The lowest BCUT2D eigenvalue weighted by Gasteiger charge is -2.25. The highest BCUT2D eigenvalue weighted by Gasteiger charge is 2.51. The molecule has 4 aromatic rings. The van der Waals surface area contributed by atoms with Gasteiger partial charge in [-0.3, -0.25) is 28.0 Å². The van der Waals surface area contributed by atoms with Crippen LogP contribution >= 0.6 is 15.0 Å². The van der Waals surface area contributed by atoms with E-state index in [0.29, 0.717) is 0 Å². The number of hydrogen-bond acceptors (Lipinski definition) is 18. The molecular weight excluding hydrogens is 666 g/mol. The first-order valence-corrected chi connectivity index (χ1v) is 16.9. The van der Waals surface area contributed by atoms with Gasteiger partial charge in [-0.25, -0.2) is 24.5 Å². The number of nitrogens with zero attached hydrogens (tertiary/aromatic N) is 7. The molecule has 0 amide bonds. The Kier molecular flexibility index (Phi) is 8.73. The summed E-state index contributed by atoms with van der Waals surface area (Å²) in [5.41, 5.74) is 11.0. The first-order chi connectivity index (χ1) is 21.4. The van der Waals surface area contributed by atoms with Gasteiger partial charge >= 0.3 is 7.82 Å². The van der Waals surface area contributed by atoms with Crippen LogP contribution in [0.3, 0.4) is 0 Å². The third-order valence-electron chi connectivity index (χ3n) is 7.08. The molecular formula is C20H26N10O12P2S. The summed E-state index contributed by atoms with van der Waals surface area (Å²) in [6, 6.07) is 0. The van der Waals surface area contributed by atoms with Crippen molar-refractivity contribution < 1.29 is 52.7 Å². The van der Waals surface area contributed by atoms with Crippen LogP contribution < -0.4 is 17.0 Å². The number of aliphatic hydroxyl groups is 3. The minimum atomic E-state index is -5.12. The molecule has 0 spiro atoms. The van der Waals surface area contributed by atoms with E-state index in [9.17, 15) is 34.5 Å². The molecule has 22 nitrogen and oxygen atoms in total. The zero-order chi connectivity index (χ0) is 32.2. The monoisotopic (exact) mass is 692 g/mol. The number of aliphatic hydroxyl groups excluding tert-OH is 3. The number of H-pyrrole nitrogens is 1. The van der Waals surface area contributed by atoms with Crippen molar-refractivity contribution in [2.75, 3.05) is 24.7 Å². The number of aromatic nitrogens is 8. The van der Waals surface area contributed by atoms with Gasteiger partial charge in [-0.15, -0.1) is 0 Å². The van der Waals surface area contributed by atoms with Crippen molar-refractivity contribution in [2.24, 2.45) is 0 Å². The Morgan fingerprint density at radius 2 is 1.71 bits per heavy atom. The van der Waals surface area contributed by atoms with Crippen LogP contribution in [0.15, 0.2) is 23.8 Å². The second-order valence-corrected chi connectivity index (χ2v) is 13.1. The highest BCUT2D eigenvalue weighted by Crippen LogP contribution is 2.50. The standard InChI is InChI=1S/C20H26N10O12P2S/c21-14-8-15(24-3-23-14)29(4-25-8)18-11(33)12(41-43(35)45)7(40-18)2-38-44(36,37)42-13-10(32)6(1-31)39-19(13)30-5-26-9-16(30)27-20(22)28-17(9)34/h3-7,10-13,18-19,31-33,43H,1-2H2,(H,35,45)(H,36,37)(H2,21,23,24)(H3,22,27,28,34)/t6-,7-,10-,11-,12-,13-,18-,19-/m1/s1. The van der Waals surface area contributed by atoms with Gasteiger partial charge in [0, 0.05) is 0 Å². The van der Waals surface area contributed by atoms with Crippen molar-refractivity contribution in [3.05, 3.63) is 29.3 Å². The minimum Gasteiger partial charge on any atom is -0.394 e. The van der Waals surface area contributed by atoms with E-state index >= 15 is 0 Å². The van der Waals surface area contributed by atoms with E-state index in [1.54, 1.807) is 0 Å². The van der Waals surface area contributed by atoms with Gasteiger partial charge in [0.05, 0.1) is 25.9 Å². The number of fused-ring (bicyclic) bond motifs is 2. The predicted molar refractivity (Wildman–Crippen MR) is 153 cm³/mol. The lowest BCUT2D eigenvalue weighted by atomic mass is 10.1. The maximum Gasteiger partial charge on any atom is 0.472 e. The third-order valence-corrected chi connectivity index (χ3v) is 8.83. The fourth-order valence-electron chi connectivity index (χ4n) is 5.09. The molecule has 0 saturated carbocycles. The summed E-state index contributed by atoms with van der Waals surface area (Å²) in [5.74, 6) is -0.196. The Morgan fingerprint density at radius 3 is 2.42 bits per heavy atom. The van der Waals surface area contributed by atoms with E-state index in [4.69, 9.17) is 46.3 Å². The van der Waals surface area contributed by atoms with E-state index in [-0.39, 0.29) is 34.1 Å². The molecule has 2 aliphatic heterocycles. The maximum absolute atomic E-state index is 13.2. The van der Waals surface area contributed by atoms with Crippen LogP contribution in [0.1, 0.15) is 12.5 Å². The average Bonchev–Trinajstić information content (AvgIpc) is 3.73. The maximum atomic E-state index is 13.2. The number of anilines is 2. The Bertz CT molecular complexity index is 1860. The number of phosphoric acid groups is 1. The van der Waals surface area contributed by atoms with Gasteiger partial charge < -0.3 is 50.6 Å². The van der Waals surface area contributed by atoms with Gasteiger partial charge in [0.15, 0.2) is 42.2 Å². The normalized spacial score (nSPS) is 30.7. The molecule has 10 N–H and O–H groups in total. The topological polar surface area (TPSA) is 324 Å². The average molecular weight is 693 g/mol. The molecule has 0 aliphatic carbocycles. The molecule has 4 aromatic heterocycles. The van der Waals surface area contributed by atoms with Crippen LogP contribution in [-0.2, 0) is 39.4 Å². The molecule has 2 saturated heterocycles. The fourth-order valence-corrected chi connectivity index (χ4v) is 6.88. The first kappa shape index (κ1) is 31.9. The summed E-state index contributed by atoms with van der Waals surface area (Å²) in [4.78, 5) is 55.0. The molecule has 2 unspecified atom stereocenters. The Labute approximate surface area is 255 Å². The van der Waals surface area contributed by atoms with Crippen LogP contribution in [0.5, 0.6) is 0 Å². The molecule has 0 bridgehead atoms. The van der Waals surface area contributed by atoms with Crippen molar-refractivity contribution in [1.82, 2.24) is 39.0 Å². The number of hydrogen-bond donors (Lipinski definition) is 8. The van der Waals surface area contributed by atoms with Gasteiger partial charge in [-0.05, 0) is 11.8 Å². The van der Waals surface area contributed by atoms with E-state index < -0.39 is 82.8 Å². The quantitative estimate of drug-likeness (QED) is 0.0768. The summed E-state index contributed by atoms with van der Waals surface area (Å²) >= 11 is 4.78. The Morgan fingerprint density at radius 1 is 1.02 bits per heavy atom. The Balaban J connectivity index is 1.22.